The maximum absolute atomic E-state index is 14.2. The molecule has 0 spiro atoms. The minimum Gasteiger partial charge on any atom is -0.491 e. The predicted molar refractivity (Wildman–Crippen MR) is 75.6 cm³/mol. The van der Waals surface area contributed by atoms with E-state index in [2.05, 4.69) is 4.74 Å². The van der Waals surface area contributed by atoms with Crippen molar-refractivity contribution in [2.45, 2.75) is 6.92 Å². The van der Waals surface area contributed by atoms with Crippen LogP contribution in [0, 0.1) is 11.6 Å². The van der Waals surface area contributed by atoms with E-state index in [4.69, 9.17) is 4.74 Å². The Hall–Kier alpha value is -2.44. The van der Waals surface area contributed by atoms with E-state index < -0.39 is 34.7 Å². The summed E-state index contributed by atoms with van der Waals surface area (Å²) in [5.74, 6) is -4.59. The number of nitrogens with zero attached hydrogens (tertiary/aromatic N) is 1. The van der Waals surface area contributed by atoms with Gasteiger partial charge in [0, 0.05) is 20.3 Å². The monoisotopic (exact) mass is 313 g/mol. The van der Waals surface area contributed by atoms with Crippen LogP contribution in [0.4, 0.5) is 8.78 Å². The number of hydrogen-bond acceptors (Lipinski definition) is 5. The molecule has 0 atom stereocenters. The van der Waals surface area contributed by atoms with Crippen LogP contribution in [-0.4, -0.2) is 44.5 Å². The highest BCUT2D eigenvalue weighted by Crippen LogP contribution is 2.26. The van der Waals surface area contributed by atoms with E-state index >= 15 is 0 Å². The van der Waals surface area contributed by atoms with E-state index in [9.17, 15) is 18.4 Å². The Morgan fingerprint density at radius 2 is 1.91 bits per heavy atom. The van der Waals surface area contributed by atoms with Gasteiger partial charge in [-0.2, -0.15) is 0 Å². The van der Waals surface area contributed by atoms with E-state index in [1.54, 1.807) is 21.0 Å². The van der Waals surface area contributed by atoms with Gasteiger partial charge in [0.25, 0.3) is 0 Å². The maximum atomic E-state index is 14.2. The lowest BCUT2D eigenvalue weighted by molar-refractivity contribution is -0.138. The molecular weight excluding hydrogens is 296 g/mol. The van der Waals surface area contributed by atoms with Crippen LogP contribution in [0.3, 0.4) is 0 Å². The van der Waals surface area contributed by atoms with Crippen molar-refractivity contribution in [1.29, 1.82) is 0 Å². The summed E-state index contributed by atoms with van der Waals surface area (Å²) < 4.78 is 36.9. The van der Waals surface area contributed by atoms with Crippen molar-refractivity contribution < 1.29 is 27.8 Å². The molecule has 0 saturated carbocycles. The molecule has 0 amide bonds. The van der Waals surface area contributed by atoms with Crippen LogP contribution in [0.2, 0.25) is 0 Å². The van der Waals surface area contributed by atoms with Gasteiger partial charge in [0.2, 0.25) is 5.78 Å². The van der Waals surface area contributed by atoms with E-state index in [-0.39, 0.29) is 12.2 Å². The number of Topliss-reactive ketones (excluding diaryl/α,β-unsaturated/α-hetero) is 1. The molecule has 0 bridgehead atoms. The van der Waals surface area contributed by atoms with Crippen molar-refractivity contribution in [1.82, 2.24) is 4.90 Å². The van der Waals surface area contributed by atoms with E-state index in [1.165, 1.54) is 11.1 Å². The first kappa shape index (κ1) is 17.6. The van der Waals surface area contributed by atoms with E-state index in [1.807, 2.05) is 0 Å². The van der Waals surface area contributed by atoms with Gasteiger partial charge in [0.1, 0.15) is 5.57 Å². The summed E-state index contributed by atoms with van der Waals surface area (Å²) in [5, 5.41) is 0. The molecule has 0 heterocycles. The molecule has 0 fully saturated rings. The van der Waals surface area contributed by atoms with Crippen LogP contribution in [0.1, 0.15) is 17.3 Å². The van der Waals surface area contributed by atoms with Gasteiger partial charge in [-0.15, -0.1) is 0 Å². The standard InChI is InChI=1S/C15H17F2NO4/c1-5-22-15(20)10(8-18(2)3)13(19)9-6-7-11(16)14(21-4)12(9)17/h6-8H,5H2,1-4H3/b10-8+. The topological polar surface area (TPSA) is 55.8 Å². The van der Waals surface area contributed by atoms with Crippen molar-refractivity contribution in [3.63, 3.8) is 0 Å². The quantitative estimate of drug-likeness (QED) is 0.265. The average Bonchev–Trinajstić information content (AvgIpc) is 2.44. The van der Waals surface area contributed by atoms with Crippen molar-refractivity contribution in [2.24, 2.45) is 0 Å². The number of benzene rings is 1. The highest BCUT2D eigenvalue weighted by Gasteiger charge is 2.26. The Morgan fingerprint density at radius 3 is 2.41 bits per heavy atom. The third-order valence-corrected chi connectivity index (χ3v) is 2.63. The smallest absolute Gasteiger partial charge is 0.343 e. The fourth-order valence-corrected chi connectivity index (χ4v) is 1.71. The number of rotatable bonds is 6. The second-order valence-electron chi connectivity index (χ2n) is 4.50. The molecule has 0 aliphatic carbocycles. The molecule has 0 aromatic heterocycles. The molecule has 0 radical (unpaired) electrons. The van der Waals surface area contributed by atoms with Gasteiger partial charge >= 0.3 is 5.97 Å². The van der Waals surface area contributed by atoms with Crippen LogP contribution in [-0.2, 0) is 9.53 Å². The lowest BCUT2D eigenvalue weighted by Gasteiger charge is -2.12. The first-order valence-corrected chi connectivity index (χ1v) is 6.45. The summed E-state index contributed by atoms with van der Waals surface area (Å²) in [5.41, 5.74) is -0.834. The molecular formula is C15H17F2NO4. The first-order chi connectivity index (χ1) is 10.3. The first-order valence-electron chi connectivity index (χ1n) is 6.45. The van der Waals surface area contributed by atoms with Crippen molar-refractivity contribution >= 4 is 11.8 Å². The molecule has 0 aliphatic rings. The average molecular weight is 313 g/mol. The summed E-state index contributed by atoms with van der Waals surface area (Å²) in [4.78, 5) is 25.7. The zero-order valence-electron chi connectivity index (χ0n) is 12.8. The van der Waals surface area contributed by atoms with Crippen LogP contribution < -0.4 is 4.74 Å². The number of carbonyl (C=O) groups is 2. The number of esters is 1. The van der Waals surface area contributed by atoms with Crippen LogP contribution in [0.5, 0.6) is 5.75 Å². The van der Waals surface area contributed by atoms with Crippen LogP contribution >= 0.6 is 0 Å². The highest BCUT2D eigenvalue weighted by atomic mass is 19.1. The SMILES string of the molecule is CCOC(=O)/C(=C/N(C)C)C(=O)c1ccc(F)c(OC)c1F. The van der Waals surface area contributed by atoms with Gasteiger partial charge < -0.3 is 14.4 Å². The Labute approximate surface area is 127 Å². The normalized spacial score (nSPS) is 11.1. The lowest BCUT2D eigenvalue weighted by atomic mass is 10.0. The second-order valence-corrected chi connectivity index (χ2v) is 4.50. The van der Waals surface area contributed by atoms with E-state index in [0.29, 0.717) is 0 Å². The third kappa shape index (κ3) is 3.81. The summed E-state index contributed by atoms with van der Waals surface area (Å²) in [7, 11) is 4.26. The molecule has 5 nitrogen and oxygen atoms in total. The van der Waals surface area contributed by atoms with Gasteiger partial charge in [0.05, 0.1) is 19.3 Å². The fraction of sp³-hybridized carbons (Fsp3) is 0.333. The summed E-state index contributed by atoms with van der Waals surface area (Å²) in [6.07, 6.45) is 1.22. The molecule has 0 unspecified atom stereocenters. The molecule has 7 heteroatoms. The molecule has 0 aliphatic heterocycles. The van der Waals surface area contributed by atoms with Crippen molar-refractivity contribution in [3.8, 4) is 5.75 Å². The number of ketones is 1. The fourth-order valence-electron chi connectivity index (χ4n) is 1.71. The Bertz CT molecular complexity index is 612. The number of methoxy groups -OCH3 is 1. The van der Waals surface area contributed by atoms with Crippen molar-refractivity contribution in [2.75, 3.05) is 27.8 Å². The molecule has 0 saturated heterocycles. The second kappa shape index (κ2) is 7.53. The van der Waals surface area contributed by atoms with Gasteiger partial charge in [-0.05, 0) is 19.1 Å². The highest BCUT2D eigenvalue weighted by molar-refractivity contribution is 6.24. The molecule has 120 valence electrons. The van der Waals surface area contributed by atoms with Gasteiger partial charge in [0.15, 0.2) is 17.4 Å². The molecule has 0 N–H and O–H groups in total. The van der Waals surface area contributed by atoms with Crippen LogP contribution in [0.15, 0.2) is 23.9 Å². The molecule has 1 aromatic rings. The number of halogens is 2. The zero-order chi connectivity index (χ0) is 16.9. The van der Waals surface area contributed by atoms with Gasteiger partial charge in [-0.3, -0.25) is 4.79 Å². The van der Waals surface area contributed by atoms with E-state index in [0.717, 1.165) is 19.2 Å². The largest absolute Gasteiger partial charge is 0.491 e. The summed E-state index contributed by atoms with van der Waals surface area (Å²) in [6, 6.07) is 1.85. The molecule has 1 aromatic carbocycles. The molecule has 22 heavy (non-hydrogen) atoms. The predicted octanol–water partition coefficient (Wildman–Crippen LogP) is 2.16. The minimum atomic E-state index is -1.17. The maximum Gasteiger partial charge on any atom is 0.343 e. The minimum absolute atomic E-state index is 0.0616. The number of hydrogen-bond donors (Lipinski definition) is 0. The van der Waals surface area contributed by atoms with Crippen LogP contribution in [0.25, 0.3) is 0 Å². The Morgan fingerprint density at radius 1 is 1.27 bits per heavy atom. The lowest BCUT2D eigenvalue weighted by Crippen LogP contribution is -2.20. The van der Waals surface area contributed by atoms with Gasteiger partial charge in [-0.1, -0.05) is 0 Å². The Kier molecular flexibility index (Phi) is 6.03. The van der Waals surface area contributed by atoms with Crippen molar-refractivity contribution in [3.05, 3.63) is 41.1 Å². The third-order valence-electron chi connectivity index (χ3n) is 2.63. The summed E-state index contributed by atoms with van der Waals surface area (Å²) >= 11 is 0. The molecule has 1 rings (SSSR count). The number of ether oxygens (including phenoxy) is 2. The zero-order valence-corrected chi connectivity index (χ0v) is 12.8. The number of carbonyl (C=O) groups excluding carboxylic acids is 2. The summed E-state index contributed by atoms with van der Waals surface area (Å²) in [6.45, 7) is 1.64. The Balaban J connectivity index is 3.35. The van der Waals surface area contributed by atoms with Gasteiger partial charge in [-0.25, -0.2) is 13.6 Å².